The molecule has 0 heterocycles. The molecular formula is C14H21ClN2O. The standard InChI is InChI=1S/C14H20N2O.ClH/c1-10-3-5-12(6-4-10)11(2)9-16-13(17)14(15)7-8-14;/h3-6,11H,7-9,15H2,1-2H3,(H,16,17);1H. The van der Waals surface area contributed by atoms with Crippen LogP contribution in [0.15, 0.2) is 24.3 Å². The molecule has 3 nitrogen and oxygen atoms in total. The molecule has 0 radical (unpaired) electrons. The fraction of sp³-hybridized carbons (Fsp3) is 0.500. The van der Waals surface area contributed by atoms with Crippen LogP contribution in [0.4, 0.5) is 0 Å². The maximum Gasteiger partial charge on any atom is 0.240 e. The lowest BCUT2D eigenvalue weighted by atomic mass is 10.00. The van der Waals surface area contributed by atoms with Crippen molar-refractivity contribution in [1.29, 1.82) is 0 Å². The first-order valence-electron chi connectivity index (χ1n) is 6.15. The maximum absolute atomic E-state index is 11.7. The number of halogens is 1. The molecule has 1 amide bonds. The van der Waals surface area contributed by atoms with Gasteiger partial charge in [0.25, 0.3) is 0 Å². The third-order valence-corrected chi connectivity index (χ3v) is 3.46. The third-order valence-electron chi connectivity index (χ3n) is 3.46. The second kappa shape index (κ2) is 5.72. The van der Waals surface area contributed by atoms with Gasteiger partial charge in [0.15, 0.2) is 0 Å². The molecule has 1 aromatic rings. The Labute approximate surface area is 115 Å². The Balaban J connectivity index is 0.00000162. The van der Waals surface area contributed by atoms with Gasteiger partial charge in [0.1, 0.15) is 0 Å². The summed E-state index contributed by atoms with van der Waals surface area (Å²) in [6, 6.07) is 8.42. The van der Waals surface area contributed by atoms with Crippen molar-refractivity contribution in [1.82, 2.24) is 5.32 Å². The van der Waals surface area contributed by atoms with Crippen molar-refractivity contribution in [2.75, 3.05) is 6.54 Å². The van der Waals surface area contributed by atoms with Crippen molar-refractivity contribution in [2.45, 2.75) is 38.1 Å². The van der Waals surface area contributed by atoms with Crippen molar-refractivity contribution in [3.05, 3.63) is 35.4 Å². The van der Waals surface area contributed by atoms with Gasteiger partial charge in [-0.1, -0.05) is 36.8 Å². The van der Waals surface area contributed by atoms with Crippen LogP contribution in [0.3, 0.4) is 0 Å². The highest BCUT2D eigenvalue weighted by molar-refractivity contribution is 5.89. The minimum absolute atomic E-state index is 0. The molecule has 4 heteroatoms. The predicted molar refractivity (Wildman–Crippen MR) is 76.0 cm³/mol. The summed E-state index contributed by atoms with van der Waals surface area (Å²) in [6.45, 7) is 4.84. The van der Waals surface area contributed by atoms with Crippen molar-refractivity contribution in [2.24, 2.45) is 5.73 Å². The van der Waals surface area contributed by atoms with E-state index in [9.17, 15) is 4.79 Å². The molecule has 0 aliphatic heterocycles. The molecule has 1 aliphatic carbocycles. The minimum Gasteiger partial charge on any atom is -0.354 e. The predicted octanol–water partition coefficient (Wildman–Crippen LogP) is 2.13. The molecular weight excluding hydrogens is 248 g/mol. The lowest BCUT2D eigenvalue weighted by molar-refractivity contribution is -0.123. The quantitative estimate of drug-likeness (QED) is 0.879. The van der Waals surface area contributed by atoms with Crippen LogP contribution in [0.5, 0.6) is 0 Å². The molecule has 100 valence electrons. The normalized spacial score (nSPS) is 17.5. The average Bonchev–Trinajstić information content (AvgIpc) is 3.06. The monoisotopic (exact) mass is 268 g/mol. The van der Waals surface area contributed by atoms with Gasteiger partial charge >= 0.3 is 0 Å². The van der Waals surface area contributed by atoms with Gasteiger partial charge < -0.3 is 11.1 Å². The second-order valence-electron chi connectivity index (χ2n) is 5.18. The van der Waals surface area contributed by atoms with Crippen LogP contribution in [0.2, 0.25) is 0 Å². The van der Waals surface area contributed by atoms with E-state index in [2.05, 4.69) is 43.4 Å². The summed E-state index contributed by atoms with van der Waals surface area (Å²) in [5.41, 5.74) is 7.76. The average molecular weight is 269 g/mol. The summed E-state index contributed by atoms with van der Waals surface area (Å²) < 4.78 is 0. The van der Waals surface area contributed by atoms with Gasteiger partial charge in [-0.05, 0) is 31.2 Å². The highest BCUT2D eigenvalue weighted by atomic mass is 35.5. The largest absolute Gasteiger partial charge is 0.354 e. The number of nitrogens with two attached hydrogens (primary N) is 1. The van der Waals surface area contributed by atoms with E-state index in [-0.39, 0.29) is 18.3 Å². The number of aryl methyl sites for hydroxylation is 1. The number of carbonyl (C=O) groups is 1. The third kappa shape index (κ3) is 3.47. The van der Waals surface area contributed by atoms with Gasteiger partial charge in [-0.25, -0.2) is 0 Å². The lowest BCUT2D eigenvalue weighted by Gasteiger charge is -2.15. The number of amides is 1. The number of hydrogen-bond donors (Lipinski definition) is 2. The second-order valence-corrected chi connectivity index (χ2v) is 5.18. The van der Waals surface area contributed by atoms with Crippen LogP contribution >= 0.6 is 12.4 Å². The first-order chi connectivity index (χ1) is 8.01. The van der Waals surface area contributed by atoms with E-state index in [1.54, 1.807) is 0 Å². The molecule has 1 saturated carbocycles. The Hall–Kier alpha value is -1.06. The van der Waals surface area contributed by atoms with Crippen LogP contribution < -0.4 is 11.1 Å². The Morgan fingerprint density at radius 3 is 2.44 bits per heavy atom. The topological polar surface area (TPSA) is 55.1 Å². The van der Waals surface area contributed by atoms with Crippen molar-refractivity contribution in [3.8, 4) is 0 Å². The number of nitrogens with one attached hydrogen (secondary N) is 1. The Kier molecular flexibility index (Phi) is 4.77. The molecule has 1 aliphatic rings. The SMILES string of the molecule is Cc1ccc(C(C)CNC(=O)C2(N)CC2)cc1.Cl. The molecule has 1 unspecified atom stereocenters. The molecule has 0 spiro atoms. The summed E-state index contributed by atoms with van der Waals surface area (Å²) in [5.74, 6) is 0.318. The molecule has 3 N–H and O–H groups in total. The summed E-state index contributed by atoms with van der Waals surface area (Å²) in [7, 11) is 0. The van der Waals surface area contributed by atoms with Crippen molar-refractivity contribution >= 4 is 18.3 Å². The summed E-state index contributed by atoms with van der Waals surface area (Å²) in [6.07, 6.45) is 1.63. The van der Waals surface area contributed by atoms with E-state index < -0.39 is 5.54 Å². The zero-order chi connectivity index (χ0) is 12.5. The molecule has 1 fully saturated rings. The van der Waals surface area contributed by atoms with Crippen LogP contribution in [0.25, 0.3) is 0 Å². The number of benzene rings is 1. The Bertz CT molecular complexity index is 412. The lowest BCUT2D eigenvalue weighted by Crippen LogP contribution is -2.43. The van der Waals surface area contributed by atoms with Crippen LogP contribution in [-0.2, 0) is 4.79 Å². The van der Waals surface area contributed by atoms with Gasteiger partial charge in [0, 0.05) is 6.54 Å². The van der Waals surface area contributed by atoms with Gasteiger partial charge in [-0.3, -0.25) is 4.79 Å². The van der Waals surface area contributed by atoms with E-state index in [1.807, 2.05) is 0 Å². The molecule has 0 saturated heterocycles. The molecule has 2 rings (SSSR count). The van der Waals surface area contributed by atoms with E-state index >= 15 is 0 Å². The Morgan fingerprint density at radius 2 is 1.94 bits per heavy atom. The number of rotatable bonds is 4. The molecule has 0 bridgehead atoms. The van der Waals surface area contributed by atoms with Gasteiger partial charge in [0.05, 0.1) is 5.54 Å². The van der Waals surface area contributed by atoms with Gasteiger partial charge in [-0.2, -0.15) is 0 Å². The van der Waals surface area contributed by atoms with E-state index in [0.29, 0.717) is 12.5 Å². The minimum atomic E-state index is -0.563. The summed E-state index contributed by atoms with van der Waals surface area (Å²) in [4.78, 5) is 11.7. The highest BCUT2D eigenvalue weighted by Gasteiger charge is 2.45. The van der Waals surface area contributed by atoms with Crippen LogP contribution in [0.1, 0.15) is 36.8 Å². The number of hydrogen-bond acceptors (Lipinski definition) is 2. The summed E-state index contributed by atoms with van der Waals surface area (Å²) >= 11 is 0. The van der Waals surface area contributed by atoms with Crippen LogP contribution in [-0.4, -0.2) is 18.0 Å². The maximum atomic E-state index is 11.7. The molecule has 0 aromatic heterocycles. The summed E-state index contributed by atoms with van der Waals surface area (Å²) in [5, 5.41) is 2.93. The van der Waals surface area contributed by atoms with Crippen molar-refractivity contribution < 1.29 is 4.79 Å². The smallest absolute Gasteiger partial charge is 0.240 e. The molecule has 18 heavy (non-hydrogen) atoms. The van der Waals surface area contributed by atoms with Gasteiger partial charge in [-0.15, -0.1) is 12.4 Å². The van der Waals surface area contributed by atoms with Crippen molar-refractivity contribution in [3.63, 3.8) is 0 Å². The van der Waals surface area contributed by atoms with E-state index in [0.717, 1.165) is 12.8 Å². The number of carbonyl (C=O) groups excluding carboxylic acids is 1. The molecule has 1 aromatic carbocycles. The first-order valence-corrected chi connectivity index (χ1v) is 6.15. The van der Waals surface area contributed by atoms with Gasteiger partial charge in [0.2, 0.25) is 5.91 Å². The Morgan fingerprint density at radius 1 is 1.39 bits per heavy atom. The van der Waals surface area contributed by atoms with E-state index in [1.165, 1.54) is 11.1 Å². The van der Waals surface area contributed by atoms with E-state index in [4.69, 9.17) is 5.73 Å². The molecule has 1 atom stereocenters. The highest BCUT2D eigenvalue weighted by Crippen LogP contribution is 2.32. The fourth-order valence-electron chi connectivity index (χ4n) is 1.80. The van der Waals surface area contributed by atoms with Crippen LogP contribution in [0, 0.1) is 6.92 Å². The zero-order valence-electron chi connectivity index (χ0n) is 10.9. The zero-order valence-corrected chi connectivity index (χ0v) is 11.7. The fourth-order valence-corrected chi connectivity index (χ4v) is 1.80. The first kappa shape index (κ1) is 15.0.